The first kappa shape index (κ1) is 8.63. The first-order chi connectivity index (χ1) is 6.27. The molecule has 2 N–H and O–H groups in total. The largest absolute Gasteiger partial charge is 0.323 e. The molecule has 0 bridgehead atoms. The molecule has 1 unspecified atom stereocenters. The lowest BCUT2D eigenvalue weighted by molar-refractivity contribution is 0.410. The summed E-state index contributed by atoms with van der Waals surface area (Å²) in [6.45, 7) is 1.95. The van der Waals surface area contributed by atoms with Gasteiger partial charge in [0.05, 0.1) is 5.69 Å². The predicted molar refractivity (Wildman–Crippen MR) is 51.2 cm³/mol. The molecule has 1 aromatic rings. The smallest absolute Gasteiger partial charge is 0.116 e. The molecule has 1 heterocycles. The van der Waals surface area contributed by atoms with Crippen LogP contribution in [0.5, 0.6) is 0 Å². The van der Waals surface area contributed by atoms with Gasteiger partial charge < -0.3 is 5.73 Å². The number of nitrogens with zero attached hydrogens (tertiary/aromatic N) is 2. The second-order valence-corrected chi connectivity index (χ2v) is 3.78. The van der Waals surface area contributed by atoms with E-state index in [1.165, 1.54) is 25.0 Å². The Kier molecular flexibility index (Phi) is 2.27. The Bertz CT molecular complexity index is 292. The first-order valence-corrected chi connectivity index (χ1v) is 4.85. The van der Waals surface area contributed by atoms with E-state index in [0.717, 1.165) is 5.69 Å². The summed E-state index contributed by atoms with van der Waals surface area (Å²) in [5.74, 6) is 0.667. The van der Waals surface area contributed by atoms with Gasteiger partial charge in [0.2, 0.25) is 0 Å². The molecule has 2 rings (SSSR count). The minimum Gasteiger partial charge on any atom is -0.323 e. The second kappa shape index (κ2) is 3.42. The van der Waals surface area contributed by atoms with Gasteiger partial charge in [0.25, 0.3) is 0 Å². The number of nitrogens with two attached hydrogens (primary N) is 1. The Morgan fingerprint density at radius 3 is 2.77 bits per heavy atom. The summed E-state index contributed by atoms with van der Waals surface area (Å²) >= 11 is 0. The zero-order valence-corrected chi connectivity index (χ0v) is 7.90. The third kappa shape index (κ3) is 1.70. The molecule has 0 aliphatic heterocycles. The van der Waals surface area contributed by atoms with Gasteiger partial charge in [-0.2, -0.15) is 0 Å². The Labute approximate surface area is 78.4 Å². The highest BCUT2D eigenvalue weighted by molar-refractivity contribution is 5.16. The van der Waals surface area contributed by atoms with E-state index in [1.807, 2.05) is 6.92 Å². The van der Waals surface area contributed by atoms with Crippen LogP contribution in [-0.2, 0) is 0 Å². The Morgan fingerprint density at radius 2 is 2.23 bits per heavy atom. The standard InChI is InChI=1S/C10H15N3/c1-7(11)9-5-10(13-6-12-9)8-3-2-4-8/h5-8H,2-4,11H2,1H3. The molecule has 3 nitrogen and oxygen atoms in total. The fourth-order valence-corrected chi connectivity index (χ4v) is 1.56. The maximum atomic E-state index is 5.75. The third-order valence-electron chi connectivity index (χ3n) is 2.70. The normalized spacial score (nSPS) is 19.5. The Balaban J connectivity index is 2.21. The highest BCUT2D eigenvalue weighted by atomic mass is 14.9. The van der Waals surface area contributed by atoms with Crippen molar-refractivity contribution in [3.63, 3.8) is 0 Å². The zero-order valence-electron chi connectivity index (χ0n) is 7.90. The lowest BCUT2D eigenvalue weighted by Gasteiger charge is -2.24. The molecule has 1 fully saturated rings. The average Bonchev–Trinajstić information content (AvgIpc) is 2.01. The van der Waals surface area contributed by atoms with Gasteiger partial charge in [-0.15, -0.1) is 0 Å². The Morgan fingerprint density at radius 1 is 1.46 bits per heavy atom. The topological polar surface area (TPSA) is 51.8 Å². The van der Waals surface area contributed by atoms with Gasteiger partial charge in [-0.25, -0.2) is 9.97 Å². The van der Waals surface area contributed by atoms with E-state index in [0.29, 0.717) is 5.92 Å². The summed E-state index contributed by atoms with van der Waals surface area (Å²) < 4.78 is 0. The molecule has 0 aromatic carbocycles. The second-order valence-electron chi connectivity index (χ2n) is 3.78. The zero-order chi connectivity index (χ0) is 9.26. The number of hydrogen-bond donors (Lipinski definition) is 1. The van der Waals surface area contributed by atoms with Gasteiger partial charge >= 0.3 is 0 Å². The fourth-order valence-electron chi connectivity index (χ4n) is 1.56. The molecule has 3 heteroatoms. The van der Waals surface area contributed by atoms with Gasteiger partial charge in [-0.1, -0.05) is 6.42 Å². The maximum Gasteiger partial charge on any atom is 0.116 e. The van der Waals surface area contributed by atoms with Crippen molar-refractivity contribution in [3.05, 3.63) is 23.8 Å². The lowest BCUT2D eigenvalue weighted by atomic mass is 9.82. The van der Waals surface area contributed by atoms with Crippen LogP contribution in [0.4, 0.5) is 0 Å². The summed E-state index contributed by atoms with van der Waals surface area (Å²) in [5, 5.41) is 0. The van der Waals surface area contributed by atoms with Crippen LogP contribution in [0, 0.1) is 0 Å². The lowest BCUT2D eigenvalue weighted by Crippen LogP contribution is -2.13. The molecule has 0 saturated heterocycles. The first-order valence-electron chi connectivity index (χ1n) is 4.85. The minimum atomic E-state index is 0.0156. The van der Waals surface area contributed by atoms with Crippen LogP contribution < -0.4 is 5.73 Å². The van der Waals surface area contributed by atoms with E-state index in [4.69, 9.17) is 5.73 Å². The summed E-state index contributed by atoms with van der Waals surface area (Å²) in [5.41, 5.74) is 7.88. The Hall–Kier alpha value is -0.960. The summed E-state index contributed by atoms with van der Waals surface area (Å²) in [7, 11) is 0. The van der Waals surface area contributed by atoms with Crippen molar-refractivity contribution in [3.8, 4) is 0 Å². The molecular weight excluding hydrogens is 162 g/mol. The molecular formula is C10H15N3. The van der Waals surface area contributed by atoms with E-state index in [2.05, 4.69) is 16.0 Å². The van der Waals surface area contributed by atoms with Gasteiger partial charge in [-0.3, -0.25) is 0 Å². The van der Waals surface area contributed by atoms with Crippen molar-refractivity contribution in [2.75, 3.05) is 0 Å². The molecule has 1 aromatic heterocycles. The summed E-state index contributed by atoms with van der Waals surface area (Å²) in [6.07, 6.45) is 5.51. The van der Waals surface area contributed by atoms with E-state index in [9.17, 15) is 0 Å². The molecule has 1 aliphatic carbocycles. The predicted octanol–water partition coefficient (Wildman–Crippen LogP) is 1.76. The van der Waals surface area contributed by atoms with Gasteiger partial charge in [-0.05, 0) is 25.8 Å². The molecule has 70 valence electrons. The van der Waals surface area contributed by atoms with Crippen molar-refractivity contribution in [2.24, 2.45) is 5.73 Å². The average molecular weight is 177 g/mol. The molecule has 0 radical (unpaired) electrons. The van der Waals surface area contributed by atoms with Crippen LogP contribution in [0.2, 0.25) is 0 Å². The van der Waals surface area contributed by atoms with Gasteiger partial charge in [0, 0.05) is 17.7 Å². The molecule has 1 saturated carbocycles. The minimum absolute atomic E-state index is 0.0156. The molecule has 1 aliphatic rings. The molecule has 0 spiro atoms. The molecule has 0 amide bonds. The van der Waals surface area contributed by atoms with Crippen molar-refractivity contribution in [1.82, 2.24) is 9.97 Å². The van der Waals surface area contributed by atoms with Crippen molar-refractivity contribution < 1.29 is 0 Å². The van der Waals surface area contributed by atoms with Crippen molar-refractivity contribution in [2.45, 2.75) is 38.1 Å². The summed E-state index contributed by atoms with van der Waals surface area (Å²) in [6, 6.07) is 2.07. The van der Waals surface area contributed by atoms with Crippen molar-refractivity contribution in [1.29, 1.82) is 0 Å². The number of hydrogen-bond acceptors (Lipinski definition) is 3. The number of aromatic nitrogens is 2. The van der Waals surface area contributed by atoms with Gasteiger partial charge in [0.1, 0.15) is 6.33 Å². The van der Waals surface area contributed by atoms with Crippen LogP contribution in [0.1, 0.15) is 49.5 Å². The molecule has 1 atom stereocenters. The van der Waals surface area contributed by atoms with Crippen LogP contribution in [0.15, 0.2) is 12.4 Å². The van der Waals surface area contributed by atoms with E-state index in [1.54, 1.807) is 6.33 Å². The molecule has 13 heavy (non-hydrogen) atoms. The third-order valence-corrected chi connectivity index (χ3v) is 2.70. The van der Waals surface area contributed by atoms with Gasteiger partial charge in [0.15, 0.2) is 0 Å². The van der Waals surface area contributed by atoms with E-state index < -0.39 is 0 Å². The van der Waals surface area contributed by atoms with E-state index in [-0.39, 0.29) is 6.04 Å². The van der Waals surface area contributed by atoms with Crippen LogP contribution in [-0.4, -0.2) is 9.97 Å². The summed E-state index contributed by atoms with van der Waals surface area (Å²) in [4.78, 5) is 8.42. The monoisotopic (exact) mass is 177 g/mol. The van der Waals surface area contributed by atoms with Crippen LogP contribution in [0.3, 0.4) is 0 Å². The maximum absolute atomic E-state index is 5.75. The highest BCUT2D eigenvalue weighted by Crippen LogP contribution is 2.35. The van der Waals surface area contributed by atoms with Crippen molar-refractivity contribution >= 4 is 0 Å². The van der Waals surface area contributed by atoms with Crippen LogP contribution >= 0.6 is 0 Å². The fraction of sp³-hybridized carbons (Fsp3) is 0.600. The quantitative estimate of drug-likeness (QED) is 0.749. The SMILES string of the molecule is CC(N)c1cc(C2CCC2)ncn1. The highest BCUT2D eigenvalue weighted by Gasteiger charge is 2.21. The number of rotatable bonds is 2. The van der Waals surface area contributed by atoms with Crippen LogP contribution in [0.25, 0.3) is 0 Å². The van der Waals surface area contributed by atoms with E-state index >= 15 is 0 Å².